The van der Waals surface area contributed by atoms with Gasteiger partial charge in [-0.15, -0.1) is 24.8 Å². The van der Waals surface area contributed by atoms with E-state index in [0.717, 1.165) is 31.8 Å². The number of methoxy groups -OCH3 is 1. The highest BCUT2D eigenvalue weighted by molar-refractivity contribution is 5.85. The van der Waals surface area contributed by atoms with E-state index >= 15 is 0 Å². The molecular weight excluding hydrogens is 345 g/mol. The molecule has 0 bridgehead atoms. The molecule has 4 nitrogen and oxygen atoms in total. The lowest BCUT2D eigenvalue weighted by Crippen LogP contribution is -2.27. The van der Waals surface area contributed by atoms with Crippen molar-refractivity contribution in [2.45, 2.75) is 38.6 Å². The first-order chi connectivity index (χ1) is 10.8. The monoisotopic (exact) mass is 371 g/mol. The van der Waals surface area contributed by atoms with Crippen molar-refractivity contribution in [1.29, 1.82) is 0 Å². The lowest BCUT2D eigenvalue weighted by molar-refractivity contribution is 0.414. The Morgan fingerprint density at radius 1 is 1.17 bits per heavy atom. The summed E-state index contributed by atoms with van der Waals surface area (Å²) in [6.07, 6.45) is 3.32. The Hall–Kier alpha value is -1.23. The molecular formula is C18H27Cl2N3O. The second-order valence-corrected chi connectivity index (χ2v) is 5.93. The molecule has 0 atom stereocenters. The lowest BCUT2D eigenvalue weighted by Gasteiger charge is -2.23. The van der Waals surface area contributed by atoms with E-state index in [9.17, 15) is 0 Å². The summed E-state index contributed by atoms with van der Waals surface area (Å²) in [4.78, 5) is 0. The predicted octanol–water partition coefficient (Wildman–Crippen LogP) is 3.81. The van der Waals surface area contributed by atoms with E-state index in [-0.39, 0.29) is 24.8 Å². The van der Waals surface area contributed by atoms with Crippen molar-refractivity contribution >= 4 is 24.8 Å². The molecule has 1 fully saturated rings. The summed E-state index contributed by atoms with van der Waals surface area (Å²) >= 11 is 0. The standard InChI is InChI=1S/C18H25N3O.2ClH/c1-3-21-18(15-8-10-19-11-9-15)13-16(20-21)12-14-4-6-17(22-2)7-5-14;;/h4-7,13,15,19H,3,8-12H2,1-2H3;2*1H. The number of ether oxygens (including phenoxy) is 1. The number of benzene rings is 1. The zero-order valence-electron chi connectivity index (χ0n) is 14.3. The Labute approximate surface area is 156 Å². The number of nitrogens with zero attached hydrogens (tertiary/aromatic N) is 2. The van der Waals surface area contributed by atoms with Gasteiger partial charge < -0.3 is 10.1 Å². The molecule has 1 aliphatic heterocycles. The highest BCUT2D eigenvalue weighted by Gasteiger charge is 2.20. The number of rotatable bonds is 5. The molecule has 0 amide bonds. The molecule has 1 N–H and O–H groups in total. The zero-order valence-corrected chi connectivity index (χ0v) is 16.0. The second kappa shape index (κ2) is 9.92. The molecule has 0 saturated carbocycles. The minimum absolute atomic E-state index is 0. The Morgan fingerprint density at radius 3 is 2.42 bits per heavy atom. The minimum Gasteiger partial charge on any atom is -0.497 e. The number of piperidine rings is 1. The molecule has 1 aromatic carbocycles. The van der Waals surface area contributed by atoms with Gasteiger partial charge in [0.05, 0.1) is 12.8 Å². The van der Waals surface area contributed by atoms with Crippen LogP contribution in [-0.2, 0) is 13.0 Å². The van der Waals surface area contributed by atoms with E-state index in [4.69, 9.17) is 9.84 Å². The van der Waals surface area contributed by atoms with Crippen LogP contribution in [-0.4, -0.2) is 30.0 Å². The molecule has 1 saturated heterocycles. The fraction of sp³-hybridized carbons (Fsp3) is 0.500. The van der Waals surface area contributed by atoms with Crippen LogP contribution < -0.4 is 10.1 Å². The lowest BCUT2D eigenvalue weighted by atomic mass is 9.94. The summed E-state index contributed by atoms with van der Waals surface area (Å²) in [5, 5.41) is 8.24. The van der Waals surface area contributed by atoms with Crippen molar-refractivity contribution in [2.75, 3.05) is 20.2 Å². The van der Waals surface area contributed by atoms with Gasteiger partial charge in [0.15, 0.2) is 0 Å². The maximum Gasteiger partial charge on any atom is 0.118 e. The summed E-state index contributed by atoms with van der Waals surface area (Å²) in [5.74, 6) is 1.55. The fourth-order valence-corrected chi connectivity index (χ4v) is 3.23. The van der Waals surface area contributed by atoms with Crippen molar-refractivity contribution in [3.8, 4) is 5.75 Å². The molecule has 1 aromatic heterocycles. The van der Waals surface area contributed by atoms with Crippen LogP contribution in [0, 0.1) is 0 Å². The average Bonchev–Trinajstić information content (AvgIpc) is 2.99. The molecule has 2 aromatic rings. The molecule has 0 aliphatic carbocycles. The third-order valence-corrected chi connectivity index (χ3v) is 4.46. The summed E-state index contributed by atoms with van der Waals surface area (Å²) in [7, 11) is 1.70. The third-order valence-electron chi connectivity index (χ3n) is 4.46. The summed E-state index contributed by atoms with van der Waals surface area (Å²) in [6.45, 7) is 5.36. The van der Waals surface area contributed by atoms with Gasteiger partial charge in [0.1, 0.15) is 5.75 Å². The van der Waals surface area contributed by atoms with Crippen LogP contribution in [0.3, 0.4) is 0 Å². The van der Waals surface area contributed by atoms with Gasteiger partial charge in [-0.05, 0) is 56.6 Å². The van der Waals surface area contributed by atoms with Crippen LogP contribution in [0.25, 0.3) is 0 Å². The largest absolute Gasteiger partial charge is 0.497 e. The van der Waals surface area contributed by atoms with Gasteiger partial charge in [-0.25, -0.2) is 0 Å². The fourth-order valence-electron chi connectivity index (χ4n) is 3.23. The van der Waals surface area contributed by atoms with E-state index in [0.29, 0.717) is 5.92 Å². The molecule has 2 heterocycles. The smallest absolute Gasteiger partial charge is 0.118 e. The Balaban J connectivity index is 0.00000144. The SMILES string of the molecule is CCn1nc(Cc2ccc(OC)cc2)cc1C1CCNCC1.Cl.Cl. The molecule has 1 aliphatic rings. The van der Waals surface area contributed by atoms with Crippen LogP contribution >= 0.6 is 24.8 Å². The van der Waals surface area contributed by atoms with Gasteiger partial charge in [0.2, 0.25) is 0 Å². The van der Waals surface area contributed by atoms with Gasteiger partial charge in [-0.3, -0.25) is 4.68 Å². The first-order valence-corrected chi connectivity index (χ1v) is 8.20. The van der Waals surface area contributed by atoms with Gasteiger partial charge in [-0.2, -0.15) is 5.10 Å². The predicted molar refractivity (Wildman–Crippen MR) is 103 cm³/mol. The number of aryl methyl sites for hydroxylation is 1. The maximum atomic E-state index is 5.21. The van der Waals surface area contributed by atoms with Gasteiger partial charge in [0, 0.05) is 24.6 Å². The average molecular weight is 372 g/mol. The van der Waals surface area contributed by atoms with Crippen LogP contribution in [0.5, 0.6) is 5.75 Å². The highest BCUT2D eigenvalue weighted by Crippen LogP contribution is 2.26. The van der Waals surface area contributed by atoms with Gasteiger partial charge in [-0.1, -0.05) is 12.1 Å². The van der Waals surface area contributed by atoms with Crippen LogP contribution in [0.2, 0.25) is 0 Å². The molecule has 6 heteroatoms. The van der Waals surface area contributed by atoms with E-state index < -0.39 is 0 Å². The van der Waals surface area contributed by atoms with E-state index in [1.807, 2.05) is 12.1 Å². The molecule has 3 rings (SSSR count). The number of hydrogen-bond acceptors (Lipinski definition) is 3. The normalized spacial score (nSPS) is 14.6. The van der Waals surface area contributed by atoms with Crippen molar-refractivity contribution in [3.05, 3.63) is 47.3 Å². The van der Waals surface area contributed by atoms with Crippen molar-refractivity contribution in [1.82, 2.24) is 15.1 Å². The number of aromatic nitrogens is 2. The first kappa shape index (κ1) is 20.8. The van der Waals surface area contributed by atoms with Gasteiger partial charge in [0.25, 0.3) is 0 Å². The Bertz CT molecular complexity index is 607. The van der Waals surface area contributed by atoms with Crippen LogP contribution in [0.15, 0.2) is 30.3 Å². The van der Waals surface area contributed by atoms with Crippen LogP contribution in [0.1, 0.15) is 42.6 Å². The maximum absolute atomic E-state index is 5.21. The zero-order chi connectivity index (χ0) is 15.4. The summed E-state index contributed by atoms with van der Waals surface area (Å²) < 4.78 is 7.40. The Morgan fingerprint density at radius 2 is 1.83 bits per heavy atom. The highest BCUT2D eigenvalue weighted by atomic mass is 35.5. The topological polar surface area (TPSA) is 39.1 Å². The van der Waals surface area contributed by atoms with E-state index in [1.165, 1.54) is 29.8 Å². The molecule has 0 radical (unpaired) electrons. The molecule has 24 heavy (non-hydrogen) atoms. The Kier molecular flexibility index (Phi) is 8.60. The number of hydrogen-bond donors (Lipinski definition) is 1. The van der Waals surface area contributed by atoms with Gasteiger partial charge >= 0.3 is 0 Å². The van der Waals surface area contributed by atoms with E-state index in [1.54, 1.807) is 7.11 Å². The second-order valence-electron chi connectivity index (χ2n) is 5.93. The minimum atomic E-state index is 0. The molecule has 134 valence electrons. The summed E-state index contributed by atoms with van der Waals surface area (Å²) in [5.41, 5.74) is 3.85. The van der Waals surface area contributed by atoms with Crippen molar-refractivity contribution < 1.29 is 4.74 Å². The third kappa shape index (κ3) is 4.88. The number of halogens is 2. The first-order valence-electron chi connectivity index (χ1n) is 8.20. The molecule has 0 unspecified atom stereocenters. The van der Waals surface area contributed by atoms with Crippen LogP contribution in [0.4, 0.5) is 0 Å². The number of nitrogens with one attached hydrogen (secondary N) is 1. The van der Waals surface area contributed by atoms with Crippen molar-refractivity contribution in [3.63, 3.8) is 0 Å². The quantitative estimate of drug-likeness (QED) is 0.868. The van der Waals surface area contributed by atoms with Crippen molar-refractivity contribution in [2.24, 2.45) is 0 Å². The van der Waals surface area contributed by atoms with E-state index in [2.05, 4.69) is 35.1 Å². The summed E-state index contributed by atoms with van der Waals surface area (Å²) in [6, 6.07) is 10.6. The molecule has 0 spiro atoms.